The molecule has 0 amide bonds. The van der Waals surface area contributed by atoms with Gasteiger partial charge in [-0.25, -0.2) is 9.98 Å². The summed E-state index contributed by atoms with van der Waals surface area (Å²) in [7, 11) is 0. The number of alkyl halides is 3. The molecule has 1 saturated heterocycles. The number of aromatic nitrogens is 1. The van der Waals surface area contributed by atoms with Gasteiger partial charge in [-0.1, -0.05) is 13.0 Å². The number of hydrogen-bond acceptors (Lipinski definition) is 3. The summed E-state index contributed by atoms with van der Waals surface area (Å²) >= 11 is 0. The molecule has 0 aromatic carbocycles. The van der Waals surface area contributed by atoms with E-state index in [-0.39, 0.29) is 30.5 Å². The maximum absolute atomic E-state index is 12.2. The van der Waals surface area contributed by atoms with Gasteiger partial charge in [-0.2, -0.15) is 13.2 Å². The molecule has 0 spiro atoms. The molecule has 0 atom stereocenters. The second-order valence-corrected chi connectivity index (χ2v) is 6.68. The fourth-order valence-electron chi connectivity index (χ4n) is 2.77. The topological polar surface area (TPSA) is 52.6 Å². The van der Waals surface area contributed by atoms with Crippen LogP contribution in [0.15, 0.2) is 23.3 Å². The zero-order chi connectivity index (χ0) is 19.0. The lowest BCUT2D eigenvalue weighted by atomic mass is 9.99. The Labute approximate surface area is 176 Å². The molecule has 5 nitrogen and oxygen atoms in total. The van der Waals surface area contributed by atoms with Gasteiger partial charge in [-0.05, 0) is 37.3 Å². The molecule has 0 radical (unpaired) electrons. The van der Waals surface area contributed by atoms with Crippen LogP contribution in [-0.4, -0.2) is 43.3 Å². The minimum Gasteiger partial charge on any atom is -0.357 e. The monoisotopic (exact) mass is 499 g/mol. The highest BCUT2D eigenvalue weighted by Crippen LogP contribution is 2.21. The van der Waals surface area contributed by atoms with Crippen LogP contribution in [0.5, 0.6) is 0 Å². The number of anilines is 1. The molecule has 1 aliphatic heterocycles. The molecule has 1 aromatic heterocycles. The number of pyridine rings is 1. The number of rotatable bonds is 6. The molecule has 0 bridgehead atoms. The Hall–Kier alpha value is -1.26. The molecule has 27 heavy (non-hydrogen) atoms. The summed E-state index contributed by atoms with van der Waals surface area (Å²) in [6, 6.07) is 3.97. The van der Waals surface area contributed by atoms with Crippen LogP contribution in [0.2, 0.25) is 0 Å². The van der Waals surface area contributed by atoms with E-state index in [0.717, 1.165) is 30.4 Å². The first-order valence-electron chi connectivity index (χ1n) is 9.16. The van der Waals surface area contributed by atoms with Gasteiger partial charge in [-0.3, -0.25) is 0 Å². The van der Waals surface area contributed by atoms with E-state index in [1.165, 1.54) is 12.8 Å². The highest BCUT2D eigenvalue weighted by Gasteiger charge is 2.26. The van der Waals surface area contributed by atoms with Gasteiger partial charge < -0.3 is 15.5 Å². The van der Waals surface area contributed by atoms with Gasteiger partial charge in [0.2, 0.25) is 0 Å². The maximum atomic E-state index is 12.2. The van der Waals surface area contributed by atoms with Crippen LogP contribution in [0.3, 0.4) is 0 Å². The molecule has 154 valence electrons. The standard InChI is InChI=1S/C18H28F3N5.HI/c1-3-22-17(23-9-8-18(19,20)21)25-13-15-4-5-16(24-12-15)26-10-6-14(2)7-11-26;/h4-5,12,14H,3,6-11,13H2,1-2H3,(H2,22,23,25);1H. The second-order valence-electron chi connectivity index (χ2n) is 6.68. The molecule has 1 aromatic rings. The Morgan fingerprint density at radius 1 is 1.26 bits per heavy atom. The van der Waals surface area contributed by atoms with Gasteiger partial charge in [0.25, 0.3) is 0 Å². The van der Waals surface area contributed by atoms with Crippen LogP contribution in [0.4, 0.5) is 19.0 Å². The molecule has 1 aliphatic rings. The quantitative estimate of drug-likeness (QED) is 0.354. The van der Waals surface area contributed by atoms with Crippen LogP contribution >= 0.6 is 24.0 Å². The zero-order valence-corrected chi connectivity index (χ0v) is 18.2. The fourth-order valence-corrected chi connectivity index (χ4v) is 2.77. The van der Waals surface area contributed by atoms with Crippen molar-refractivity contribution in [3.63, 3.8) is 0 Å². The Bertz CT molecular complexity index is 569. The van der Waals surface area contributed by atoms with Crippen molar-refractivity contribution in [1.82, 2.24) is 15.6 Å². The lowest BCUT2D eigenvalue weighted by Crippen LogP contribution is -2.38. The average molecular weight is 499 g/mol. The number of aliphatic imine (C=N–C) groups is 1. The van der Waals surface area contributed by atoms with E-state index in [0.29, 0.717) is 19.0 Å². The summed E-state index contributed by atoms with van der Waals surface area (Å²) in [5, 5.41) is 5.65. The van der Waals surface area contributed by atoms with E-state index in [1.54, 1.807) is 6.20 Å². The van der Waals surface area contributed by atoms with Gasteiger partial charge in [-0.15, -0.1) is 24.0 Å². The molecule has 0 aliphatic carbocycles. The molecule has 0 unspecified atom stereocenters. The SMILES string of the molecule is CCNC(=NCc1ccc(N2CCC(C)CC2)nc1)NCCC(F)(F)F.I. The van der Waals surface area contributed by atoms with Gasteiger partial charge >= 0.3 is 6.18 Å². The number of piperidine rings is 1. The first kappa shape index (κ1) is 23.8. The van der Waals surface area contributed by atoms with E-state index in [4.69, 9.17) is 0 Å². The Morgan fingerprint density at radius 2 is 1.96 bits per heavy atom. The first-order valence-corrected chi connectivity index (χ1v) is 9.16. The smallest absolute Gasteiger partial charge is 0.357 e. The summed E-state index contributed by atoms with van der Waals surface area (Å²) in [6.45, 7) is 6.96. The van der Waals surface area contributed by atoms with Gasteiger partial charge in [0.1, 0.15) is 5.82 Å². The third-order valence-electron chi connectivity index (χ3n) is 4.38. The Kier molecular flexibility index (Phi) is 10.2. The summed E-state index contributed by atoms with van der Waals surface area (Å²) < 4.78 is 36.7. The van der Waals surface area contributed by atoms with Crippen LogP contribution < -0.4 is 15.5 Å². The van der Waals surface area contributed by atoms with E-state index in [9.17, 15) is 13.2 Å². The predicted molar refractivity (Wildman–Crippen MR) is 114 cm³/mol. The van der Waals surface area contributed by atoms with Gasteiger partial charge in [0, 0.05) is 32.4 Å². The minimum atomic E-state index is -4.17. The molecule has 2 N–H and O–H groups in total. The largest absolute Gasteiger partial charge is 0.390 e. The molecule has 1 fully saturated rings. The van der Waals surface area contributed by atoms with E-state index < -0.39 is 12.6 Å². The van der Waals surface area contributed by atoms with Crippen molar-refractivity contribution in [2.45, 2.75) is 45.8 Å². The van der Waals surface area contributed by atoms with Crippen LogP contribution in [0, 0.1) is 5.92 Å². The number of halogens is 4. The molecule has 2 rings (SSSR count). The number of nitrogens with zero attached hydrogens (tertiary/aromatic N) is 3. The number of nitrogens with one attached hydrogen (secondary N) is 2. The lowest BCUT2D eigenvalue weighted by Gasteiger charge is -2.31. The number of guanidine groups is 1. The van der Waals surface area contributed by atoms with Crippen LogP contribution in [0.25, 0.3) is 0 Å². The first-order chi connectivity index (χ1) is 12.4. The van der Waals surface area contributed by atoms with E-state index >= 15 is 0 Å². The third-order valence-corrected chi connectivity index (χ3v) is 4.38. The summed E-state index contributed by atoms with van der Waals surface area (Å²) in [5.74, 6) is 2.12. The lowest BCUT2D eigenvalue weighted by molar-refractivity contribution is -0.132. The predicted octanol–water partition coefficient (Wildman–Crippen LogP) is 3.94. The number of hydrogen-bond donors (Lipinski definition) is 2. The average Bonchev–Trinajstić information content (AvgIpc) is 2.60. The van der Waals surface area contributed by atoms with Crippen molar-refractivity contribution in [3.8, 4) is 0 Å². The maximum Gasteiger partial charge on any atom is 0.390 e. The summed E-state index contributed by atoms with van der Waals surface area (Å²) in [6.07, 6.45) is -0.901. The van der Waals surface area contributed by atoms with Gasteiger partial charge in [0.15, 0.2) is 5.96 Å². The molecular formula is C18H29F3IN5. The normalized spacial score (nSPS) is 16.0. The summed E-state index contributed by atoms with van der Waals surface area (Å²) in [5.41, 5.74) is 0.923. The van der Waals surface area contributed by atoms with Gasteiger partial charge in [0.05, 0.1) is 13.0 Å². The molecule has 0 saturated carbocycles. The van der Waals surface area contributed by atoms with Crippen molar-refractivity contribution in [2.75, 3.05) is 31.1 Å². The van der Waals surface area contributed by atoms with Crippen molar-refractivity contribution < 1.29 is 13.2 Å². The van der Waals surface area contributed by atoms with Crippen LogP contribution in [-0.2, 0) is 6.54 Å². The Morgan fingerprint density at radius 3 is 2.52 bits per heavy atom. The third kappa shape index (κ3) is 8.98. The van der Waals surface area contributed by atoms with Crippen molar-refractivity contribution >= 4 is 35.8 Å². The molecule has 9 heteroatoms. The Balaban J connectivity index is 0.00000364. The zero-order valence-electron chi connectivity index (χ0n) is 15.9. The second kappa shape index (κ2) is 11.6. The molecular weight excluding hydrogens is 470 g/mol. The highest BCUT2D eigenvalue weighted by atomic mass is 127. The van der Waals surface area contributed by atoms with Crippen molar-refractivity contribution in [1.29, 1.82) is 0 Å². The minimum absolute atomic E-state index is 0. The molecule has 2 heterocycles. The van der Waals surface area contributed by atoms with Crippen molar-refractivity contribution in [3.05, 3.63) is 23.9 Å². The van der Waals surface area contributed by atoms with E-state index in [2.05, 4.69) is 32.4 Å². The van der Waals surface area contributed by atoms with E-state index in [1.807, 2.05) is 19.1 Å². The van der Waals surface area contributed by atoms with Crippen LogP contribution in [0.1, 0.15) is 38.7 Å². The van der Waals surface area contributed by atoms with Crippen molar-refractivity contribution in [2.24, 2.45) is 10.9 Å². The fraction of sp³-hybridized carbons (Fsp3) is 0.667. The summed E-state index contributed by atoms with van der Waals surface area (Å²) in [4.78, 5) is 11.1. The highest BCUT2D eigenvalue weighted by molar-refractivity contribution is 14.0.